The Kier molecular flexibility index (Phi) is 7.81. The molecule has 1 atom stereocenters. The number of carbonyl (C=O) groups excluding carboxylic acids is 2. The minimum atomic E-state index is -1.28. The van der Waals surface area contributed by atoms with Gasteiger partial charge in [-0.25, -0.2) is 19.4 Å². The van der Waals surface area contributed by atoms with Crippen molar-refractivity contribution in [2.45, 2.75) is 36.6 Å². The van der Waals surface area contributed by atoms with E-state index in [1.54, 1.807) is 24.3 Å². The molecule has 184 valence electrons. The molecule has 2 amide bonds. The Morgan fingerprint density at radius 1 is 1.21 bits per heavy atom. The van der Waals surface area contributed by atoms with Crippen LogP contribution in [0.3, 0.4) is 0 Å². The summed E-state index contributed by atoms with van der Waals surface area (Å²) in [6.45, 7) is 0.248. The predicted octanol–water partition coefficient (Wildman–Crippen LogP) is 3.60. The maximum absolute atomic E-state index is 14.7. The molecule has 34 heavy (non-hydrogen) atoms. The number of hydrogen-bond donors (Lipinski definition) is 2. The van der Waals surface area contributed by atoms with E-state index in [1.165, 1.54) is 18.1 Å². The predicted molar refractivity (Wildman–Crippen MR) is 129 cm³/mol. The minimum Gasteiger partial charge on any atom is -0.481 e. The molecule has 3 rings (SSSR count). The average Bonchev–Trinajstić information content (AvgIpc) is 2.76. The van der Waals surface area contributed by atoms with Crippen molar-refractivity contribution >= 4 is 33.5 Å². The Morgan fingerprint density at radius 3 is 2.56 bits per heavy atom. The molecular formula is C24H30FN3O5S. The van der Waals surface area contributed by atoms with Crippen LogP contribution in [0, 0.1) is 5.82 Å². The molecule has 0 bridgehead atoms. The number of anilines is 1. The first-order chi connectivity index (χ1) is 16.0. The largest absolute Gasteiger partial charge is 0.481 e. The first kappa shape index (κ1) is 25.5. The maximum Gasteiger partial charge on any atom is 0.303 e. The molecule has 1 aliphatic rings. The number of ether oxygens (including phenoxy) is 1. The molecule has 0 fully saturated rings. The molecule has 0 saturated heterocycles. The molecular weight excluding hydrogens is 461 g/mol. The van der Waals surface area contributed by atoms with Gasteiger partial charge in [-0.15, -0.1) is 0 Å². The summed E-state index contributed by atoms with van der Waals surface area (Å²) in [5.41, 5.74) is 1.50. The van der Waals surface area contributed by atoms with Gasteiger partial charge in [-0.05, 0) is 49.5 Å². The molecule has 1 aliphatic heterocycles. The Balaban J connectivity index is 1.89. The zero-order valence-electron chi connectivity index (χ0n) is 19.8. The second kappa shape index (κ2) is 10.4. The fourth-order valence-electron chi connectivity index (χ4n) is 3.95. The first-order valence-corrected chi connectivity index (χ1v) is 13.7. The normalized spacial score (nSPS) is 15.9. The number of pyridine rings is 1. The van der Waals surface area contributed by atoms with E-state index < -0.39 is 33.8 Å². The Hall–Kier alpha value is -3.14. The molecule has 0 spiro atoms. The van der Waals surface area contributed by atoms with Crippen LogP contribution in [-0.4, -0.2) is 65.2 Å². The smallest absolute Gasteiger partial charge is 0.303 e. The van der Waals surface area contributed by atoms with E-state index in [4.69, 9.17) is 9.84 Å². The van der Waals surface area contributed by atoms with E-state index in [-0.39, 0.29) is 31.7 Å². The molecule has 10 heteroatoms. The summed E-state index contributed by atoms with van der Waals surface area (Å²) in [6, 6.07) is 6.98. The highest BCUT2D eigenvalue weighted by Gasteiger charge is 2.36. The minimum absolute atomic E-state index is 0.00663. The zero-order chi connectivity index (χ0) is 25.0. The molecule has 8 nitrogen and oxygen atoms in total. The quantitative estimate of drug-likeness (QED) is 0.584. The molecule has 0 radical (unpaired) electrons. The molecule has 2 N–H and O–H groups in total. The SMILES string of the molecule is COc1ccc2c(n1)CCN(C(=O)CCCC(=O)O)[C@H]2C(=O)Nc1ccc(S(C)(C)C)c(F)c1. The topological polar surface area (TPSA) is 109 Å². The number of hydrogen-bond acceptors (Lipinski definition) is 5. The monoisotopic (exact) mass is 491 g/mol. The number of benzene rings is 1. The number of aromatic nitrogens is 1. The molecule has 0 unspecified atom stereocenters. The average molecular weight is 492 g/mol. The number of fused-ring (bicyclic) bond motifs is 1. The van der Waals surface area contributed by atoms with Crippen LogP contribution in [0.4, 0.5) is 10.1 Å². The molecule has 2 heterocycles. The molecule has 1 aromatic heterocycles. The van der Waals surface area contributed by atoms with Gasteiger partial charge in [0.15, 0.2) is 0 Å². The lowest BCUT2D eigenvalue weighted by atomic mass is 9.95. The summed E-state index contributed by atoms with van der Waals surface area (Å²) in [5.74, 6) is -1.78. The Morgan fingerprint density at radius 2 is 1.94 bits per heavy atom. The van der Waals surface area contributed by atoms with E-state index in [0.717, 1.165) is 0 Å². The Bertz CT molecular complexity index is 1100. The second-order valence-corrected chi connectivity index (χ2v) is 13.0. The summed E-state index contributed by atoms with van der Waals surface area (Å²) < 4.78 is 19.9. The summed E-state index contributed by atoms with van der Waals surface area (Å²) >= 11 is 0. The number of carboxylic acids is 1. The van der Waals surface area contributed by atoms with Gasteiger partial charge >= 0.3 is 5.97 Å². The van der Waals surface area contributed by atoms with Crippen LogP contribution < -0.4 is 10.1 Å². The third kappa shape index (κ3) is 5.85. The van der Waals surface area contributed by atoms with Crippen molar-refractivity contribution in [2.24, 2.45) is 0 Å². The van der Waals surface area contributed by atoms with Crippen LogP contribution in [0.2, 0.25) is 0 Å². The summed E-state index contributed by atoms with van der Waals surface area (Å²) in [6.07, 6.45) is 6.43. The van der Waals surface area contributed by atoms with Crippen LogP contribution in [-0.2, 0) is 20.8 Å². The number of nitrogens with one attached hydrogen (secondary N) is 1. The fourth-order valence-corrected chi connectivity index (χ4v) is 5.07. The third-order valence-corrected chi connectivity index (χ3v) is 7.25. The van der Waals surface area contributed by atoms with Crippen LogP contribution >= 0.6 is 10.0 Å². The highest BCUT2D eigenvalue weighted by atomic mass is 32.3. The number of halogens is 1. The van der Waals surface area contributed by atoms with Crippen molar-refractivity contribution < 1.29 is 28.6 Å². The van der Waals surface area contributed by atoms with Gasteiger partial charge < -0.3 is 20.1 Å². The van der Waals surface area contributed by atoms with Gasteiger partial charge in [0.05, 0.1) is 12.8 Å². The number of carbonyl (C=O) groups is 3. The van der Waals surface area contributed by atoms with Gasteiger partial charge in [0.25, 0.3) is 5.91 Å². The van der Waals surface area contributed by atoms with Crippen LogP contribution in [0.15, 0.2) is 35.2 Å². The van der Waals surface area contributed by atoms with Crippen molar-refractivity contribution in [1.82, 2.24) is 9.88 Å². The second-order valence-electron chi connectivity index (χ2n) is 8.85. The van der Waals surface area contributed by atoms with Gasteiger partial charge in [0.1, 0.15) is 11.9 Å². The van der Waals surface area contributed by atoms with Crippen LogP contribution in [0.1, 0.15) is 36.6 Å². The summed E-state index contributed by atoms with van der Waals surface area (Å²) in [5, 5.41) is 11.6. The van der Waals surface area contributed by atoms with E-state index in [0.29, 0.717) is 34.1 Å². The van der Waals surface area contributed by atoms with E-state index in [1.807, 2.05) is 18.8 Å². The maximum atomic E-state index is 14.7. The van der Waals surface area contributed by atoms with Crippen molar-refractivity contribution in [3.8, 4) is 5.88 Å². The molecule has 2 aromatic rings. The van der Waals surface area contributed by atoms with Gasteiger partial charge in [0.2, 0.25) is 11.8 Å². The highest BCUT2D eigenvalue weighted by Crippen LogP contribution is 2.47. The Labute approximate surface area is 199 Å². The fraction of sp³-hybridized carbons (Fsp3) is 0.417. The molecule has 0 saturated carbocycles. The standard InChI is InChI=1S/C24H30FN3O5S/c1-33-20-11-9-16-18(27-20)12-13-28(21(29)6-5-7-22(30)31)23(16)24(32)26-15-8-10-19(17(25)14-15)34(2,3)4/h8-11,14,23H,5-7,12-13H2,1-4H3,(H,26,32)(H,30,31)/t23-/m1/s1. The first-order valence-electron chi connectivity index (χ1n) is 10.8. The number of methoxy groups -OCH3 is 1. The van der Waals surface area contributed by atoms with Gasteiger partial charge in [-0.3, -0.25) is 14.4 Å². The van der Waals surface area contributed by atoms with E-state index >= 15 is 0 Å². The zero-order valence-corrected chi connectivity index (χ0v) is 20.6. The molecule has 0 aliphatic carbocycles. The molecule has 1 aromatic carbocycles. The van der Waals surface area contributed by atoms with Crippen molar-refractivity contribution in [3.05, 3.63) is 47.4 Å². The van der Waals surface area contributed by atoms with Crippen LogP contribution in [0.25, 0.3) is 0 Å². The van der Waals surface area contributed by atoms with E-state index in [2.05, 4.69) is 10.3 Å². The number of amides is 2. The third-order valence-electron chi connectivity index (χ3n) is 5.60. The van der Waals surface area contributed by atoms with Crippen LogP contribution in [0.5, 0.6) is 5.88 Å². The summed E-state index contributed by atoms with van der Waals surface area (Å²) in [7, 11) is 0.214. The number of aliphatic carboxylic acids is 1. The highest BCUT2D eigenvalue weighted by molar-refractivity contribution is 8.32. The lowest BCUT2D eigenvalue weighted by molar-refractivity contribution is -0.140. The van der Waals surface area contributed by atoms with Crippen molar-refractivity contribution in [3.63, 3.8) is 0 Å². The van der Waals surface area contributed by atoms with Gasteiger partial charge in [-0.2, -0.15) is 0 Å². The number of carboxylic acid groups (broad SMARTS) is 1. The van der Waals surface area contributed by atoms with Gasteiger partial charge in [0, 0.05) is 48.0 Å². The van der Waals surface area contributed by atoms with E-state index in [9.17, 15) is 18.8 Å². The summed E-state index contributed by atoms with van der Waals surface area (Å²) in [4.78, 5) is 43.7. The van der Waals surface area contributed by atoms with Crippen molar-refractivity contribution in [1.29, 1.82) is 0 Å². The number of nitrogens with zero attached hydrogens (tertiary/aromatic N) is 2. The number of rotatable bonds is 8. The van der Waals surface area contributed by atoms with Gasteiger partial charge in [-0.1, -0.05) is 0 Å². The van der Waals surface area contributed by atoms with Crippen molar-refractivity contribution in [2.75, 3.05) is 37.7 Å². The lowest BCUT2D eigenvalue weighted by Gasteiger charge is -2.36. The lowest BCUT2D eigenvalue weighted by Crippen LogP contribution is -2.45.